The van der Waals surface area contributed by atoms with Crippen LogP contribution in [0.4, 0.5) is 28.9 Å². The van der Waals surface area contributed by atoms with Crippen molar-refractivity contribution in [1.29, 1.82) is 0 Å². The number of hydrogen-bond donors (Lipinski definition) is 2. The Labute approximate surface area is 243 Å². The molecule has 5 nitrogen and oxygen atoms in total. The minimum Gasteiger partial charge on any atom is -0.461 e. The lowest BCUT2D eigenvalue weighted by Gasteiger charge is -2.33. The highest BCUT2D eigenvalue weighted by atomic mass is 32.1. The standard InChI is InChI=1S/C30H36F4N3O2PS/c1-37(2)21-12-10-20(11-13-21)36-26-8-5-7-23-24(18-30(32,33)34)28(41-29(23)26)9-6-16-35-25-15-14-22(40(3,4)38)17-27(25)39-19-31/h5,7-8,14-15,17,20-21,35-36H,10-13,16,18-19H2,1-4H3. The molecule has 222 valence electrons. The number of halogens is 4. The molecule has 0 spiro atoms. The molecule has 0 radical (unpaired) electrons. The van der Waals surface area contributed by atoms with E-state index in [1.54, 1.807) is 37.6 Å². The van der Waals surface area contributed by atoms with E-state index in [0.717, 1.165) is 36.1 Å². The predicted octanol–water partition coefficient (Wildman–Crippen LogP) is 7.31. The van der Waals surface area contributed by atoms with Gasteiger partial charge in [0.15, 0.2) is 0 Å². The van der Waals surface area contributed by atoms with E-state index < -0.39 is 26.6 Å². The lowest BCUT2D eigenvalue weighted by molar-refractivity contribution is -0.126. The average molecular weight is 610 g/mol. The summed E-state index contributed by atoms with van der Waals surface area (Å²) in [7, 11) is 1.61. The molecule has 0 amide bonds. The molecule has 1 aromatic heterocycles. The highest BCUT2D eigenvalue weighted by molar-refractivity contribution is 7.70. The van der Waals surface area contributed by atoms with Crippen LogP contribution in [0, 0.1) is 11.8 Å². The Morgan fingerprint density at radius 1 is 1.10 bits per heavy atom. The lowest BCUT2D eigenvalue weighted by atomic mass is 9.90. The first-order chi connectivity index (χ1) is 19.4. The van der Waals surface area contributed by atoms with Crippen LogP contribution in [-0.2, 0) is 11.0 Å². The molecule has 2 N–H and O–H groups in total. The molecule has 1 saturated carbocycles. The van der Waals surface area contributed by atoms with Crippen LogP contribution in [0.3, 0.4) is 0 Å². The van der Waals surface area contributed by atoms with Crippen LogP contribution in [0.2, 0.25) is 0 Å². The van der Waals surface area contributed by atoms with Crippen LogP contribution in [0.15, 0.2) is 36.4 Å². The summed E-state index contributed by atoms with van der Waals surface area (Å²) in [6.45, 7) is 2.26. The molecule has 0 atom stereocenters. The second-order valence-corrected chi connectivity index (χ2v) is 15.2. The molecular formula is C30H36F4N3O2PS. The minimum absolute atomic E-state index is 0.0951. The van der Waals surface area contributed by atoms with Gasteiger partial charge in [0.1, 0.15) is 12.9 Å². The van der Waals surface area contributed by atoms with Gasteiger partial charge in [-0.2, -0.15) is 13.2 Å². The van der Waals surface area contributed by atoms with E-state index in [0.29, 0.717) is 27.3 Å². The molecule has 0 saturated heterocycles. The van der Waals surface area contributed by atoms with Crippen molar-refractivity contribution in [3.8, 4) is 17.6 Å². The zero-order valence-electron chi connectivity index (χ0n) is 23.7. The first-order valence-corrected chi connectivity index (χ1v) is 16.9. The number of thiophene rings is 1. The predicted molar refractivity (Wildman–Crippen MR) is 162 cm³/mol. The summed E-state index contributed by atoms with van der Waals surface area (Å²) in [4.78, 5) is 2.62. The van der Waals surface area contributed by atoms with Gasteiger partial charge in [-0.25, -0.2) is 4.39 Å². The van der Waals surface area contributed by atoms with E-state index in [-0.39, 0.29) is 23.9 Å². The molecule has 1 aliphatic carbocycles. The Kier molecular flexibility index (Phi) is 9.94. The molecule has 1 aliphatic rings. The Morgan fingerprint density at radius 2 is 1.83 bits per heavy atom. The summed E-state index contributed by atoms with van der Waals surface area (Å²) in [5, 5.41) is 7.75. The fourth-order valence-electron chi connectivity index (χ4n) is 5.15. The van der Waals surface area contributed by atoms with Gasteiger partial charge < -0.3 is 24.8 Å². The largest absolute Gasteiger partial charge is 0.461 e. The smallest absolute Gasteiger partial charge is 0.393 e. The number of alkyl halides is 4. The van der Waals surface area contributed by atoms with Gasteiger partial charge in [-0.3, -0.25) is 0 Å². The van der Waals surface area contributed by atoms with E-state index in [2.05, 4.69) is 41.5 Å². The van der Waals surface area contributed by atoms with Gasteiger partial charge >= 0.3 is 6.18 Å². The van der Waals surface area contributed by atoms with Gasteiger partial charge in [0, 0.05) is 17.4 Å². The van der Waals surface area contributed by atoms with Crippen LogP contribution >= 0.6 is 18.5 Å². The summed E-state index contributed by atoms with van der Waals surface area (Å²) >= 11 is 1.27. The topological polar surface area (TPSA) is 53.6 Å². The third kappa shape index (κ3) is 8.18. The van der Waals surface area contributed by atoms with E-state index in [1.807, 2.05) is 6.07 Å². The number of hydrogen-bond acceptors (Lipinski definition) is 6. The normalized spacial score (nSPS) is 17.8. The Bertz CT molecular complexity index is 1460. The van der Waals surface area contributed by atoms with Crippen LogP contribution in [0.1, 0.15) is 36.1 Å². The van der Waals surface area contributed by atoms with Crippen molar-refractivity contribution < 1.29 is 26.9 Å². The van der Waals surface area contributed by atoms with Crippen LogP contribution in [0.5, 0.6) is 5.75 Å². The molecule has 2 aromatic carbocycles. The van der Waals surface area contributed by atoms with Crippen molar-refractivity contribution >= 4 is 45.2 Å². The van der Waals surface area contributed by atoms with E-state index >= 15 is 0 Å². The van der Waals surface area contributed by atoms with Crippen molar-refractivity contribution in [3.05, 3.63) is 46.8 Å². The van der Waals surface area contributed by atoms with E-state index in [4.69, 9.17) is 4.74 Å². The molecule has 1 fully saturated rings. The first kappa shape index (κ1) is 31.2. The van der Waals surface area contributed by atoms with Crippen LogP contribution in [0.25, 0.3) is 10.1 Å². The number of rotatable bonds is 9. The first-order valence-electron chi connectivity index (χ1n) is 13.5. The number of fused-ring (bicyclic) bond motifs is 1. The molecule has 3 aromatic rings. The highest BCUT2D eigenvalue weighted by Gasteiger charge is 2.31. The van der Waals surface area contributed by atoms with Gasteiger partial charge in [0.25, 0.3) is 0 Å². The number of benzene rings is 2. The maximum atomic E-state index is 13.6. The van der Waals surface area contributed by atoms with Gasteiger partial charge in [-0.15, -0.1) is 11.3 Å². The summed E-state index contributed by atoms with van der Waals surface area (Å²) in [5.41, 5.74) is 1.47. The summed E-state index contributed by atoms with van der Waals surface area (Å²) < 4.78 is 72.0. The third-order valence-electron chi connectivity index (χ3n) is 7.35. The van der Waals surface area contributed by atoms with Crippen molar-refractivity contribution in [2.75, 3.05) is 51.5 Å². The van der Waals surface area contributed by atoms with Crippen LogP contribution in [-0.4, -0.2) is 64.0 Å². The number of ether oxygens (including phenoxy) is 1. The summed E-state index contributed by atoms with van der Waals surface area (Å²) in [6, 6.07) is 11.1. The van der Waals surface area contributed by atoms with Gasteiger partial charge in [0.2, 0.25) is 6.86 Å². The van der Waals surface area contributed by atoms with Crippen molar-refractivity contribution in [3.63, 3.8) is 0 Å². The Morgan fingerprint density at radius 3 is 2.46 bits per heavy atom. The Hall–Kier alpha value is -2.73. The molecule has 1 heterocycles. The highest BCUT2D eigenvalue weighted by Crippen LogP contribution is 2.40. The van der Waals surface area contributed by atoms with Gasteiger partial charge in [0.05, 0.1) is 33.9 Å². The van der Waals surface area contributed by atoms with Gasteiger partial charge in [-0.05, 0) is 88.3 Å². The van der Waals surface area contributed by atoms with E-state index in [1.165, 1.54) is 17.4 Å². The Balaban J connectivity index is 1.57. The molecular weight excluding hydrogens is 573 g/mol. The molecule has 0 aliphatic heterocycles. The maximum Gasteiger partial charge on any atom is 0.393 e. The zero-order valence-corrected chi connectivity index (χ0v) is 25.4. The molecule has 11 heteroatoms. The van der Waals surface area contributed by atoms with Crippen molar-refractivity contribution in [2.24, 2.45) is 0 Å². The SMILES string of the molecule is CN(C)C1CCC(Nc2cccc3c(CC(F)(F)F)c(C#CCNc4ccc(P(C)(C)=O)cc4OCF)sc23)CC1. The van der Waals surface area contributed by atoms with E-state index in [9.17, 15) is 22.1 Å². The zero-order chi connectivity index (χ0) is 29.8. The average Bonchev–Trinajstić information content (AvgIpc) is 3.24. The third-order valence-corrected chi connectivity index (χ3v) is 10.1. The second-order valence-electron chi connectivity index (χ2n) is 10.9. The fraction of sp³-hybridized carbons (Fsp3) is 0.467. The fourth-order valence-corrected chi connectivity index (χ4v) is 7.18. The van der Waals surface area contributed by atoms with Crippen molar-refractivity contribution in [2.45, 2.75) is 50.4 Å². The number of nitrogens with zero attached hydrogens (tertiary/aromatic N) is 1. The number of nitrogens with one attached hydrogen (secondary N) is 2. The van der Waals surface area contributed by atoms with Crippen molar-refractivity contribution in [1.82, 2.24) is 4.90 Å². The van der Waals surface area contributed by atoms with Gasteiger partial charge in [-0.1, -0.05) is 24.0 Å². The molecule has 41 heavy (non-hydrogen) atoms. The summed E-state index contributed by atoms with van der Waals surface area (Å²) in [6.07, 6.45) is -1.29. The van der Waals surface area contributed by atoms with Crippen LogP contribution < -0.4 is 20.7 Å². The quantitative estimate of drug-likeness (QED) is 0.151. The molecule has 0 unspecified atom stereocenters. The minimum atomic E-state index is -4.38. The summed E-state index contributed by atoms with van der Waals surface area (Å²) in [5.74, 6) is 6.07. The molecule has 4 rings (SSSR count). The molecule has 0 bridgehead atoms. The second kappa shape index (κ2) is 13.1. The maximum absolute atomic E-state index is 13.6. The monoisotopic (exact) mass is 609 g/mol. The lowest BCUT2D eigenvalue weighted by Crippen LogP contribution is -2.36. The number of anilines is 2.